The molecule has 0 aromatic heterocycles. The average molecular weight is 301 g/mol. The van der Waals surface area contributed by atoms with Crippen molar-refractivity contribution in [2.75, 3.05) is 13.1 Å². The maximum atomic E-state index is 13.0. The first-order valence-corrected chi connectivity index (χ1v) is 6.77. The third-order valence-corrected chi connectivity index (χ3v) is 4.25. The molecule has 0 aliphatic carbocycles. The van der Waals surface area contributed by atoms with Crippen LogP contribution in [0.3, 0.4) is 0 Å². The SMILES string of the molecule is CC1CCN(Cc2ccc(F)cc2Br)CC1N. The van der Waals surface area contributed by atoms with Gasteiger partial charge in [-0.15, -0.1) is 0 Å². The number of hydrogen-bond donors (Lipinski definition) is 1. The van der Waals surface area contributed by atoms with Crippen LogP contribution in [0.15, 0.2) is 22.7 Å². The van der Waals surface area contributed by atoms with Crippen molar-refractivity contribution < 1.29 is 4.39 Å². The van der Waals surface area contributed by atoms with Gasteiger partial charge < -0.3 is 5.73 Å². The van der Waals surface area contributed by atoms with Crippen molar-refractivity contribution in [3.8, 4) is 0 Å². The molecule has 2 unspecified atom stereocenters. The van der Waals surface area contributed by atoms with E-state index in [9.17, 15) is 4.39 Å². The molecule has 1 saturated heterocycles. The van der Waals surface area contributed by atoms with E-state index in [0.29, 0.717) is 5.92 Å². The van der Waals surface area contributed by atoms with Gasteiger partial charge in [-0.05, 0) is 36.6 Å². The summed E-state index contributed by atoms with van der Waals surface area (Å²) >= 11 is 3.40. The summed E-state index contributed by atoms with van der Waals surface area (Å²) in [7, 11) is 0. The first-order chi connectivity index (χ1) is 8.06. The smallest absolute Gasteiger partial charge is 0.124 e. The summed E-state index contributed by atoms with van der Waals surface area (Å²) in [6, 6.07) is 5.11. The average Bonchev–Trinajstić information content (AvgIpc) is 2.27. The van der Waals surface area contributed by atoms with Gasteiger partial charge in [0, 0.05) is 23.6 Å². The summed E-state index contributed by atoms with van der Waals surface area (Å²) in [5.41, 5.74) is 7.19. The fourth-order valence-corrected chi connectivity index (χ4v) is 2.68. The Morgan fingerprint density at radius 2 is 2.29 bits per heavy atom. The highest BCUT2D eigenvalue weighted by atomic mass is 79.9. The summed E-state index contributed by atoms with van der Waals surface area (Å²) in [6.07, 6.45) is 1.14. The lowest BCUT2D eigenvalue weighted by Crippen LogP contribution is -2.47. The minimum absolute atomic E-state index is 0.204. The van der Waals surface area contributed by atoms with Gasteiger partial charge >= 0.3 is 0 Å². The minimum atomic E-state index is -0.204. The number of piperidine rings is 1. The monoisotopic (exact) mass is 300 g/mol. The lowest BCUT2D eigenvalue weighted by Gasteiger charge is -2.35. The second-order valence-corrected chi connectivity index (χ2v) is 5.75. The van der Waals surface area contributed by atoms with Crippen LogP contribution in [0.1, 0.15) is 18.9 Å². The van der Waals surface area contributed by atoms with Crippen molar-refractivity contribution in [1.29, 1.82) is 0 Å². The van der Waals surface area contributed by atoms with Crippen LogP contribution in [-0.4, -0.2) is 24.0 Å². The van der Waals surface area contributed by atoms with Crippen LogP contribution in [0.4, 0.5) is 4.39 Å². The van der Waals surface area contributed by atoms with Crippen LogP contribution in [0.2, 0.25) is 0 Å². The highest BCUT2D eigenvalue weighted by Gasteiger charge is 2.23. The molecule has 2 atom stereocenters. The van der Waals surface area contributed by atoms with E-state index in [1.54, 1.807) is 0 Å². The second-order valence-electron chi connectivity index (χ2n) is 4.90. The van der Waals surface area contributed by atoms with Crippen molar-refractivity contribution in [2.45, 2.75) is 25.9 Å². The summed E-state index contributed by atoms with van der Waals surface area (Å²) in [5, 5.41) is 0. The molecule has 2 rings (SSSR count). The van der Waals surface area contributed by atoms with E-state index in [0.717, 1.165) is 36.1 Å². The zero-order chi connectivity index (χ0) is 12.4. The largest absolute Gasteiger partial charge is 0.326 e. The molecule has 1 aliphatic rings. The van der Waals surface area contributed by atoms with Crippen molar-refractivity contribution >= 4 is 15.9 Å². The molecule has 0 amide bonds. The number of nitrogens with two attached hydrogens (primary N) is 1. The fraction of sp³-hybridized carbons (Fsp3) is 0.538. The first-order valence-electron chi connectivity index (χ1n) is 5.98. The Balaban J connectivity index is 2.01. The molecular formula is C13H18BrFN2. The maximum Gasteiger partial charge on any atom is 0.124 e. The van der Waals surface area contributed by atoms with Gasteiger partial charge in [0.2, 0.25) is 0 Å². The molecule has 0 radical (unpaired) electrons. The standard InChI is InChI=1S/C13H18BrFN2/c1-9-4-5-17(8-13(9)16)7-10-2-3-11(15)6-12(10)14/h2-3,6,9,13H,4-5,7-8,16H2,1H3. The molecule has 4 heteroatoms. The maximum absolute atomic E-state index is 13.0. The predicted molar refractivity (Wildman–Crippen MR) is 71.1 cm³/mol. The van der Waals surface area contributed by atoms with Crippen molar-refractivity contribution in [3.63, 3.8) is 0 Å². The van der Waals surface area contributed by atoms with Crippen LogP contribution >= 0.6 is 15.9 Å². The van der Waals surface area contributed by atoms with Gasteiger partial charge in [0.15, 0.2) is 0 Å². The number of rotatable bonds is 2. The van der Waals surface area contributed by atoms with Gasteiger partial charge in [-0.3, -0.25) is 4.90 Å². The van der Waals surface area contributed by atoms with E-state index in [1.807, 2.05) is 6.07 Å². The Hall–Kier alpha value is -0.450. The van der Waals surface area contributed by atoms with Crippen molar-refractivity contribution in [3.05, 3.63) is 34.1 Å². The molecule has 1 aromatic carbocycles. The predicted octanol–water partition coefficient (Wildman–Crippen LogP) is 2.76. The quantitative estimate of drug-likeness (QED) is 0.910. The van der Waals surface area contributed by atoms with Crippen LogP contribution in [0.5, 0.6) is 0 Å². The molecule has 2 N–H and O–H groups in total. The van der Waals surface area contributed by atoms with Gasteiger partial charge in [-0.25, -0.2) is 4.39 Å². The summed E-state index contributed by atoms with van der Waals surface area (Å²) in [6.45, 7) is 5.03. The highest BCUT2D eigenvalue weighted by Crippen LogP contribution is 2.22. The number of halogens is 2. The third kappa shape index (κ3) is 3.27. The Labute approximate surface area is 110 Å². The molecule has 1 fully saturated rings. The van der Waals surface area contributed by atoms with Crippen molar-refractivity contribution in [1.82, 2.24) is 4.90 Å². The topological polar surface area (TPSA) is 29.3 Å². The minimum Gasteiger partial charge on any atom is -0.326 e. The van der Waals surface area contributed by atoms with E-state index >= 15 is 0 Å². The van der Waals surface area contributed by atoms with E-state index in [2.05, 4.69) is 27.8 Å². The van der Waals surface area contributed by atoms with Gasteiger partial charge in [-0.2, -0.15) is 0 Å². The summed E-state index contributed by atoms with van der Waals surface area (Å²) < 4.78 is 13.8. The molecular weight excluding hydrogens is 283 g/mol. The van der Waals surface area contributed by atoms with Crippen LogP contribution in [0, 0.1) is 11.7 Å². The number of nitrogens with zero attached hydrogens (tertiary/aromatic N) is 1. The normalized spacial score (nSPS) is 26.1. The van der Waals surface area contributed by atoms with E-state index in [-0.39, 0.29) is 11.9 Å². The molecule has 2 nitrogen and oxygen atoms in total. The molecule has 1 aromatic rings. The second kappa shape index (κ2) is 5.46. The highest BCUT2D eigenvalue weighted by molar-refractivity contribution is 9.10. The van der Waals surface area contributed by atoms with Crippen molar-refractivity contribution in [2.24, 2.45) is 11.7 Å². The van der Waals surface area contributed by atoms with Gasteiger partial charge in [0.05, 0.1) is 0 Å². The van der Waals surface area contributed by atoms with Crippen LogP contribution in [0.25, 0.3) is 0 Å². The molecule has 0 bridgehead atoms. The number of benzene rings is 1. The molecule has 1 heterocycles. The van der Waals surface area contributed by atoms with E-state index < -0.39 is 0 Å². The van der Waals surface area contributed by atoms with Gasteiger partial charge in [0.25, 0.3) is 0 Å². The number of likely N-dealkylation sites (tertiary alicyclic amines) is 1. The molecule has 0 saturated carbocycles. The Morgan fingerprint density at radius 1 is 1.53 bits per heavy atom. The van der Waals surface area contributed by atoms with Gasteiger partial charge in [-0.1, -0.05) is 28.9 Å². The fourth-order valence-electron chi connectivity index (χ4n) is 2.20. The van der Waals surface area contributed by atoms with Gasteiger partial charge in [0.1, 0.15) is 5.82 Å². The van der Waals surface area contributed by atoms with E-state index in [1.165, 1.54) is 12.1 Å². The molecule has 94 valence electrons. The zero-order valence-electron chi connectivity index (χ0n) is 10.00. The molecule has 1 aliphatic heterocycles. The Kier molecular flexibility index (Phi) is 4.17. The van der Waals surface area contributed by atoms with E-state index in [4.69, 9.17) is 5.73 Å². The number of hydrogen-bond acceptors (Lipinski definition) is 2. The molecule has 0 spiro atoms. The molecule has 17 heavy (non-hydrogen) atoms. The summed E-state index contributed by atoms with van der Waals surface area (Å²) in [4.78, 5) is 2.34. The third-order valence-electron chi connectivity index (χ3n) is 3.51. The lowest BCUT2D eigenvalue weighted by atomic mass is 9.94. The Morgan fingerprint density at radius 3 is 2.94 bits per heavy atom. The van der Waals surface area contributed by atoms with Crippen LogP contribution < -0.4 is 5.73 Å². The van der Waals surface area contributed by atoms with Crippen LogP contribution in [-0.2, 0) is 6.54 Å². The summed E-state index contributed by atoms with van der Waals surface area (Å²) in [5.74, 6) is 0.396. The zero-order valence-corrected chi connectivity index (χ0v) is 11.6. The Bertz CT molecular complexity index is 397. The lowest BCUT2D eigenvalue weighted by molar-refractivity contribution is 0.162. The first kappa shape index (κ1) is 13.0.